The Morgan fingerprint density at radius 1 is 0.893 bits per heavy atom. The van der Waals surface area contributed by atoms with Gasteiger partial charge >= 0.3 is 0 Å². The van der Waals surface area contributed by atoms with E-state index < -0.39 is 0 Å². The SMILES string of the molecule is COc1ccc(Nc2cc(N3CCCC3)nc(-c3ccccc3)n2)c(OC)c1. The highest BCUT2D eigenvalue weighted by molar-refractivity contribution is 5.69. The number of hydrogen-bond donors (Lipinski definition) is 1. The summed E-state index contributed by atoms with van der Waals surface area (Å²) in [6, 6.07) is 17.7. The standard InChI is InChI=1S/C22H24N4O2/c1-27-17-10-11-18(19(14-17)28-2)23-20-15-21(26-12-6-7-13-26)25-22(24-20)16-8-4-3-5-9-16/h3-5,8-11,14-15H,6-7,12-13H2,1-2H3,(H,23,24,25). The van der Waals surface area contributed by atoms with E-state index in [4.69, 9.17) is 19.4 Å². The summed E-state index contributed by atoms with van der Waals surface area (Å²) in [7, 11) is 3.28. The van der Waals surface area contributed by atoms with Crippen LogP contribution in [0.15, 0.2) is 54.6 Å². The highest BCUT2D eigenvalue weighted by Gasteiger charge is 2.17. The lowest BCUT2D eigenvalue weighted by Crippen LogP contribution is -2.19. The van der Waals surface area contributed by atoms with Gasteiger partial charge in [0.05, 0.1) is 19.9 Å². The summed E-state index contributed by atoms with van der Waals surface area (Å²) in [6.07, 6.45) is 2.39. The maximum absolute atomic E-state index is 5.51. The molecule has 28 heavy (non-hydrogen) atoms. The second kappa shape index (κ2) is 8.17. The molecule has 1 saturated heterocycles. The number of ether oxygens (including phenoxy) is 2. The molecule has 0 amide bonds. The van der Waals surface area contributed by atoms with Crippen LogP contribution >= 0.6 is 0 Å². The van der Waals surface area contributed by atoms with E-state index in [-0.39, 0.29) is 0 Å². The molecule has 0 spiro atoms. The van der Waals surface area contributed by atoms with Crippen molar-refractivity contribution in [3.05, 3.63) is 54.6 Å². The van der Waals surface area contributed by atoms with Crippen LogP contribution in [0.1, 0.15) is 12.8 Å². The first-order valence-corrected chi connectivity index (χ1v) is 9.45. The van der Waals surface area contributed by atoms with Crippen LogP contribution in [0.4, 0.5) is 17.3 Å². The van der Waals surface area contributed by atoms with Gasteiger partial charge in [-0.2, -0.15) is 0 Å². The second-order valence-electron chi connectivity index (χ2n) is 6.69. The lowest BCUT2D eigenvalue weighted by atomic mass is 10.2. The Morgan fingerprint density at radius 3 is 2.39 bits per heavy atom. The van der Waals surface area contributed by atoms with Crippen molar-refractivity contribution in [2.45, 2.75) is 12.8 Å². The lowest BCUT2D eigenvalue weighted by molar-refractivity contribution is 0.395. The fourth-order valence-electron chi connectivity index (χ4n) is 3.36. The number of rotatable bonds is 6. The Labute approximate surface area is 165 Å². The monoisotopic (exact) mass is 376 g/mol. The van der Waals surface area contributed by atoms with Gasteiger partial charge in [0, 0.05) is 30.8 Å². The molecule has 144 valence electrons. The van der Waals surface area contributed by atoms with Gasteiger partial charge in [0.1, 0.15) is 23.1 Å². The van der Waals surface area contributed by atoms with Crippen LogP contribution in [0.5, 0.6) is 11.5 Å². The molecule has 0 aliphatic carbocycles. The maximum Gasteiger partial charge on any atom is 0.163 e. The maximum atomic E-state index is 5.51. The molecule has 1 fully saturated rings. The van der Waals surface area contributed by atoms with Crippen molar-refractivity contribution in [2.75, 3.05) is 37.5 Å². The van der Waals surface area contributed by atoms with Crippen LogP contribution in [-0.4, -0.2) is 37.3 Å². The molecule has 0 unspecified atom stereocenters. The minimum Gasteiger partial charge on any atom is -0.497 e. The zero-order valence-corrected chi connectivity index (χ0v) is 16.2. The van der Waals surface area contributed by atoms with Gasteiger partial charge < -0.3 is 19.7 Å². The van der Waals surface area contributed by atoms with Crippen LogP contribution < -0.4 is 19.7 Å². The summed E-state index contributed by atoms with van der Waals surface area (Å²) < 4.78 is 10.8. The first-order valence-electron chi connectivity index (χ1n) is 9.45. The molecule has 3 aromatic rings. The zero-order valence-electron chi connectivity index (χ0n) is 16.2. The van der Waals surface area contributed by atoms with Gasteiger partial charge in [-0.15, -0.1) is 0 Å². The summed E-state index contributed by atoms with van der Waals surface area (Å²) >= 11 is 0. The van der Waals surface area contributed by atoms with Crippen LogP contribution in [0.25, 0.3) is 11.4 Å². The van der Waals surface area contributed by atoms with Crippen LogP contribution in [-0.2, 0) is 0 Å². The number of anilines is 3. The molecule has 0 saturated carbocycles. The number of aromatic nitrogens is 2. The van der Waals surface area contributed by atoms with Crippen molar-refractivity contribution in [1.82, 2.24) is 9.97 Å². The summed E-state index contributed by atoms with van der Waals surface area (Å²) in [5.41, 5.74) is 1.82. The summed E-state index contributed by atoms with van der Waals surface area (Å²) in [5, 5.41) is 3.39. The smallest absolute Gasteiger partial charge is 0.163 e. The molecule has 2 heterocycles. The minimum atomic E-state index is 0.696. The molecule has 1 aliphatic rings. The predicted octanol–water partition coefficient (Wildman–Crippen LogP) is 4.50. The van der Waals surface area contributed by atoms with Gasteiger partial charge in [-0.3, -0.25) is 0 Å². The van der Waals surface area contributed by atoms with E-state index in [1.54, 1.807) is 14.2 Å². The number of nitrogens with one attached hydrogen (secondary N) is 1. The molecule has 2 aromatic carbocycles. The van der Waals surface area contributed by atoms with Crippen LogP contribution in [0, 0.1) is 0 Å². The van der Waals surface area contributed by atoms with Crippen LogP contribution in [0.2, 0.25) is 0 Å². The third-order valence-corrected chi connectivity index (χ3v) is 4.85. The molecule has 1 aliphatic heterocycles. The van der Waals surface area contributed by atoms with Crippen molar-refractivity contribution in [1.29, 1.82) is 0 Å². The molecule has 6 nitrogen and oxygen atoms in total. The van der Waals surface area contributed by atoms with Crippen molar-refractivity contribution >= 4 is 17.3 Å². The average Bonchev–Trinajstić information content (AvgIpc) is 3.29. The van der Waals surface area contributed by atoms with Gasteiger partial charge in [-0.25, -0.2) is 9.97 Å². The molecule has 0 atom stereocenters. The summed E-state index contributed by atoms with van der Waals surface area (Å²) in [6.45, 7) is 2.05. The minimum absolute atomic E-state index is 0.696. The Balaban J connectivity index is 1.72. The highest BCUT2D eigenvalue weighted by Crippen LogP contribution is 2.33. The molecule has 1 N–H and O–H groups in total. The van der Waals surface area contributed by atoms with Crippen molar-refractivity contribution in [3.63, 3.8) is 0 Å². The van der Waals surface area contributed by atoms with Gasteiger partial charge in [0.25, 0.3) is 0 Å². The van der Waals surface area contributed by atoms with Gasteiger partial charge in [0.15, 0.2) is 5.82 Å². The Hall–Kier alpha value is -3.28. The number of hydrogen-bond acceptors (Lipinski definition) is 6. The number of methoxy groups -OCH3 is 2. The number of nitrogens with zero attached hydrogens (tertiary/aromatic N) is 3. The third kappa shape index (κ3) is 3.86. The Morgan fingerprint density at radius 2 is 1.68 bits per heavy atom. The van der Waals surface area contributed by atoms with Gasteiger partial charge in [-0.1, -0.05) is 30.3 Å². The van der Waals surface area contributed by atoms with Gasteiger partial charge in [0.2, 0.25) is 0 Å². The van der Waals surface area contributed by atoms with Crippen molar-refractivity contribution in [3.8, 4) is 22.9 Å². The molecule has 0 bridgehead atoms. The Kier molecular flexibility index (Phi) is 5.28. The predicted molar refractivity (Wildman–Crippen MR) is 112 cm³/mol. The number of benzene rings is 2. The van der Waals surface area contributed by atoms with Gasteiger partial charge in [-0.05, 0) is 25.0 Å². The average molecular weight is 376 g/mol. The quantitative estimate of drug-likeness (QED) is 0.683. The van der Waals surface area contributed by atoms with E-state index in [1.807, 2.05) is 54.6 Å². The van der Waals surface area contributed by atoms with E-state index in [0.717, 1.165) is 41.7 Å². The fourth-order valence-corrected chi connectivity index (χ4v) is 3.36. The van der Waals surface area contributed by atoms with E-state index in [9.17, 15) is 0 Å². The molecular formula is C22H24N4O2. The lowest BCUT2D eigenvalue weighted by Gasteiger charge is -2.19. The molecule has 4 rings (SSSR count). The van der Waals surface area contributed by atoms with Crippen molar-refractivity contribution in [2.24, 2.45) is 0 Å². The Bertz CT molecular complexity index is 941. The summed E-state index contributed by atoms with van der Waals surface area (Å²) in [5.74, 6) is 3.83. The van der Waals surface area contributed by atoms with E-state index in [2.05, 4.69) is 10.2 Å². The molecule has 1 aromatic heterocycles. The molecular weight excluding hydrogens is 352 g/mol. The third-order valence-electron chi connectivity index (χ3n) is 4.85. The van der Waals surface area contributed by atoms with E-state index in [0.29, 0.717) is 11.6 Å². The van der Waals surface area contributed by atoms with Crippen LogP contribution in [0.3, 0.4) is 0 Å². The highest BCUT2D eigenvalue weighted by atomic mass is 16.5. The zero-order chi connectivity index (χ0) is 19.3. The first kappa shape index (κ1) is 18.1. The molecule has 0 radical (unpaired) electrons. The largest absolute Gasteiger partial charge is 0.497 e. The summed E-state index contributed by atoms with van der Waals surface area (Å²) in [4.78, 5) is 11.9. The van der Waals surface area contributed by atoms with E-state index >= 15 is 0 Å². The normalized spacial score (nSPS) is 13.4. The molecule has 6 heteroatoms. The fraction of sp³-hybridized carbons (Fsp3) is 0.273. The first-order chi connectivity index (χ1) is 13.8. The van der Waals surface area contributed by atoms with Crippen molar-refractivity contribution < 1.29 is 9.47 Å². The van der Waals surface area contributed by atoms with E-state index in [1.165, 1.54) is 12.8 Å². The second-order valence-corrected chi connectivity index (χ2v) is 6.69. The topological polar surface area (TPSA) is 59.5 Å².